The number of rotatable bonds is 2. The number of ether oxygens (including phenoxy) is 1. The van der Waals surface area contributed by atoms with Crippen molar-refractivity contribution in [3.8, 4) is 5.75 Å². The van der Waals surface area contributed by atoms with Crippen molar-refractivity contribution in [3.05, 3.63) is 23.8 Å². The Hall–Kier alpha value is -1.39. The fourth-order valence-electron chi connectivity index (χ4n) is 2.23. The van der Waals surface area contributed by atoms with Gasteiger partial charge in [0.2, 0.25) is 0 Å². The number of anilines is 1. The first-order chi connectivity index (χ1) is 8.47. The molecule has 0 aromatic heterocycles. The third-order valence-corrected chi connectivity index (χ3v) is 3.15. The van der Waals surface area contributed by atoms with E-state index in [9.17, 15) is 13.2 Å². The summed E-state index contributed by atoms with van der Waals surface area (Å²) in [5.41, 5.74) is 4.71. The van der Waals surface area contributed by atoms with Gasteiger partial charge in [-0.1, -0.05) is 6.42 Å². The van der Waals surface area contributed by atoms with Crippen LogP contribution in [0.25, 0.3) is 0 Å². The lowest BCUT2D eigenvalue weighted by atomic mass is 9.97. The SMILES string of the molecule is Nc1ccc(OC2CCCCC2)c(C(F)(F)F)c1. The first-order valence-corrected chi connectivity index (χ1v) is 6.10. The number of hydrogen-bond donors (Lipinski definition) is 1. The molecule has 5 heteroatoms. The number of hydrogen-bond acceptors (Lipinski definition) is 2. The average molecular weight is 259 g/mol. The molecule has 2 rings (SSSR count). The summed E-state index contributed by atoms with van der Waals surface area (Å²) in [7, 11) is 0. The molecular weight excluding hydrogens is 243 g/mol. The van der Waals surface area contributed by atoms with Gasteiger partial charge < -0.3 is 10.5 Å². The molecular formula is C13H16F3NO. The summed E-state index contributed by atoms with van der Waals surface area (Å²) < 4.78 is 44.0. The number of nitrogen functional groups attached to an aromatic ring is 1. The summed E-state index contributed by atoms with van der Waals surface area (Å²) in [6.07, 6.45) is 0.266. The van der Waals surface area contributed by atoms with E-state index in [1.807, 2.05) is 0 Å². The van der Waals surface area contributed by atoms with E-state index in [1.54, 1.807) is 0 Å². The van der Waals surface area contributed by atoms with Crippen LogP contribution in [0.1, 0.15) is 37.7 Å². The third-order valence-electron chi connectivity index (χ3n) is 3.15. The van der Waals surface area contributed by atoms with Gasteiger partial charge in [0, 0.05) is 5.69 Å². The minimum atomic E-state index is -4.43. The van der Waals surface area contributed by atoms with Crippen LogP contribution in [0.3, 0.4) is 0 Å². The summed E-state index contributed by atoms with van der Waals surface area (Å²) in [6, 6.07) is 3.68. The second-order valence-electron chi connectivity index (χ2n) is 4.63. The van der Waals surface area contributed by atoms with Gasteiger partial charge in [0.25, 0.3) is 0 Å². The van der Waals surface area contributed by atoms with Crippen molar-refractivity contribution in [2.24, 2.45) is 0 Å². The Bertz CT molecular complexity index is 411. The van der Waals surface area contributed by atoms with Crippen LogP contribution in [-0.2, 0) is 6.18 Å². The number of nitrogens with two attached hydrogens (primary N) is 1. The largest absolute Gasteiger partial charge is 0.490 e. The zero-order valence-electron chi connectivity index (χ0n) is 9.96. The van der Waals surface area contributed by atoms with E-state index in [4.69, 9.17) is 10.5 Å². The zero-order valence-corrected chi connectivity index (χ0v) is 9.96. The second kappa shape index (κ2) is 5.08. The fraction of sp³-hybridized carbons (Fsp3) is 0.538. The van der Waals surface area contributed by atoms with Crippen LogP contribution < -0.4 is 10.5 Å². The molecule has 2 nitrogen and oxygen atoms in total. The summed E-state index contributed by atoms with van der Waals surface area (Å²) in [4.78, 5) is 0. The molecule has 0 saturated heterocycles. The number of alkyl halides is 3. The topological polar surface area (TPSA) is 35.2 Å². The van der Waals surface area contributed by atoms with E-state index in [-0.39, 0.29) is 17.5 Å². The van der Waals surface area contributed by atoms with Crippen molar-refractivity contribution in [2.45, 2.75) is 44.4 Å². The van der Waals surface area contributed by atoms with Gasteiger partial charge in [-0.3, -0.25) is 0 Å². The molecule has 0 radical (unpaired) electrons. The van der Waals surface area contributed by atoms with Crippen molar-refractivity contribution >= 4 is 5.69 Å². The van der Waals surface area contributed by atoms with Crippen LogP contribution in [0.4, 0.5) is 18.9 Å². The molecule has 1 aliphatic carbocycles. The summed E-state index contributed by atoms with van der Waals surface area (Å²) in [5.74, 6) is -0.108. The summed E-state index contributed by atoms with van der Waals surface area (Å²) in [5, 5.41) is 0. The standard InChI is InChI=1S/C13H16F3NO/c14-13(15,16)11-8-9(17)6-7-12(11)18-10-4-2-1-3-5-10/h6-8,10H,1-5,17H2. The Balaban J connectivity index is 2.21. The smallest absolute Gasteiger partial charge is 0.420 e. The Labute approximate surface area is 104 Å². The van der Waals surface area contributed by atoms with E-state index in [0.717, 1.165) is 38.2 Å². The molecule has 18 heavy (non-hydrogen) atoms. The van der Waals surface area contributed by atoms with Crippen LogP contribution in [0.2, 0.25) is 0 Å². The maximum absolute atomic E-state index is 12.8. The molecule has 0 bridgehead atoms. The van der Waals surface area contributed by atoms with Gasteiger partial charge in [0.15, 0.2) is 0 Å². The monoisotopic (exact) mass is 259 g/mol. The minimum Gasteiger partial charge on any atom is -0.490 e. The molecule has 0 spiro atoms. The van der Waals surface area contributed by atoms with Gasteiger partial charge in [0.05, 0.1) is 11.7 Å². The zero-order chi connectivity index (χ0) is 13.2. The van der Waals surface area contributed by atoms with E-state index in [2.05, 4.69) is 0 Å². The van der Waals surface area contributed by atoms with Crippen LogP contribution in [0, 0.1) is 0 Å². The lowest BCUT2D eigenvalue weighted by Gasteiger charge is -2.24. The Morgan fingerprint density at radius 1 is 1.11 bits per heavy atom. The molecule has 0 amide bonds. The molecule has 1 aromatic carbocycles. The highest BCUT2D eigenvalue weighted by Gasteiger charge is 2.35. The first kappa shape index (κ1) is 13.1. The molecule has 1 aliphatic rings. The molecule has 0 aliphatic heterocycles. The molecule has 1 fully saturated rings. The first-order valence-electron chi connectivity index (χ1n) is 6.10. The van der Waals surface area contributed by atoms with Crippen molar-refractivity contribution in [1.82, 2.24) is 0 Å². The quantitative estimate of drug-likeness (QED) is 0.815. The van der Waals surface area contributed by atoms with Crippen molar-refractivity contribution in [1.29, 1.82) is 0 Å². The molecule has 0 atom stereocenters. The number of benzene rings is 1. The van der Waals surface area contributed by atoms with E-state index in [0.29, 0.717) is 0 Å². The lowest BCUT2D eigenvalue weighted by Crippen LogP contribution is -2.21. The van der Waals surface area contributed by atoms with Crippen molar-refractivity contribution in [2.75, 3.05) is 5.73 Å². The Morgan fingerprint density at radius 2 is 1.78 bits per heavy atom. The molecule has 1 aromatic rings. The Morgan fingerprint density at radius 3 is 2.39 bits per heavy atom. The summed E-state index contributed by atoms with van der Waals surface area (Å²) in [6.45, 7) is 0. The maximum atomic E-state index is 12.8. The molecule has 1 saturated carbocycles. The third kappa shape index (κ3) is 3.09. The van der Waals surface area contributed by atoms with Crippen LogP contribution in [0.5, 0.6) is 5.75 Å². The number of halogens is 3. The van der Waals surface area contributed by atoms with Crippen LogP contribution in [0.15, 0.2) is 18.2 Å². The molecule has 2 N–H and O–H groups in total. The molecule has 100 valence electrons. The van der Waals surface area contributed by atoms with Crippen LogP contribution in [-0.4, -0.2) is 6.10 Å². The van der Waals surface area contributed by atoms with E-state index in [1.165, 1.54) is 12.1 Å². The van der Waals surface area contributed by atoms with Gasteiger partial charge in [-0.25, -0.2) is 0 Å². The van der Waals surface area contributed by atoms with Gasteiger partial charge in [-0.2, -0.15) is 13.2 Å². The average Bonchev–Trinajstić information content (AvgIpc) is 2.31. The van der Waals surface area contributed by atoms with Gasteiger partial charge in [0.1, 0.15) is 5.75 Å². The van der Waals surface area contributed by atoms with Gasteiger partial charge in [-0.05, 0) is 43.9 Å². The normalized spacial score (nSPS) is 17.7. The second-order valence-corrected chi connectivity index (χ2v) is 4.63. The van der Waals surface area contributed by atoms with E-state index >= 15 is 0 Å². The van der Waals surface area contributed by atoms with E-state index < -0.39 is 11.7 Å². The highest BCUT2D eigenvalue weighted by molar-refractivity contribution is 5.49. The summed E-state index contributed by atoms with van der Waals surface area (Å²) >= 11 is 0. The fourth-order valence-corrected chi connectivity index (χ4v) is 2.23. The van der Waals surface area contributed by atoms with Crippen LogP contribution >= 0.6 is 0 Å². The van der Waals surface area contributed by atoms with Crippen molar-refractivity contribution in [3.63, 3.8) is 0 Å². The highest BCUT2D eigenvalue weighted by atomic mass is 19.4. The highest BCUT2D eigenvalue weighted by Crippen LogP contribution is 2.38. The van der Waals surface area contributed by atoms with Gasteiger partial charge in [-0.15, -0.1) is 0 Å². The van der Waals surface area contributed by atoms with Crippen molar-refractivity contribution < 1.29 is 17.9 Å². The lowest BCUT2D eigenvalue weighted by molar-refractivity contribution is -0.139. The predicted octanol–water partition coefficient (Wildman–Crippen LogP) is 4.00. The Kier molecular flexibility index (Phi) is 3.68. The predicted molar refractivity (Wildman–Crippen MR) is 63.4 cm³/mol. The molecule has 0 unspecified atom stereocenters. The minimum absolute atomic E-state index is 0.0957. The van der Waals surface area contributed by atoms with Gasteiger partial charge >= 0.3 is 6.18 Å². The maximum Gasteiger partial charge on any atom is 0.420 e. The molecule has 0 heterocycles.